The third-order valence-electron chi connectivity index (χ3n) is 3.45. The lowest BCUT2D eigenvalue weighted by Gasteiger charge is -2.20. The topological polar surface area (TPSA) is 41.1 Å². The van der Waals surface area contributed by atoms with Crippen LogP contribution in [-0.4, -0.2) is 19.5 Å². The Hall–Kier alpha value is -1.91. The van der Waals surface area contributed by atoms with Crippen LogP contribution in [0.2, 0.25) is 0 Å². The monoisotopic (exact) mass is 336 g/mol. The van der Waals surface area contributed by atoms with E-state index < -0.39 is 0 Å². The third-order valence-corrected chi connectivity index (χ3v) is 3.45. The van der Waals surface area contributed by atoms with E-state index in [2.05, 4.69) is 10.6 Å². The Labute approximate surface area is 142 Å². The van der Waals surface area contributed by atoms with E-state index in [9.17, 15) is 9.18 Å². The molecule has 124 valence electrons. The zero-order valence-electron chi connectivity index (χ0n) is 13.1. The molecular weight excluding hydrogens is 315 g/mol. The summed E-state index contributed by atoms with van der Waals surface area (Å²) in [4.78, 5) is 12.1. The number of hydrogen-bond acceptors (Lipinski definition) is 2. The van der Waals surface area contributed by atoms with Gasteiger partial charge in [0, 0.05) is 6.42 Å². The normalized spacial score (nSPS) is 11.4. The van der Waals surface area contributed by atoms with Crippen molar-refractivity contribution in [2.75, 3.05) is 13.6 Å². The summed E-state index contributed by atoms with van der Waals surface area (Å²) in [7, 11) is 1.86. The van der Waals surface area contributed by atoms with E-state index >= 15 is 0 Å². The first-order chi connectivity index (χ1) is 10.7. The smallest absolute Gasteiger partial charge is 0.220 e. The van der Waals surface area contributed by atoms with Crippen molar-refractivity contribution in [2.45, 2.75) is 18.9 Å². The van der Waals surface area contributed by atoms with Crippen LogP contribution < -0.4 is 10.6 Å². The Kier molecular flexibility index (Phi) is 8.30. The molecular formula is C18H22ClFN2O. The first-order valence-electron chi connectivity index (χ1n) is 7.45. The minimum Gasteiger partial charge on any atom is -0.345 e. The van der Waals surface area contributed by atoms with Crippen molar-refractivity contribution in [3.8, 4) is 0 Å². The lowest BCUT2D eigenvalue weighted by molar-refractivity contribution is -0.121. The first-order valence-corrected chi connectivity index (χ1v) is 7.45. The van der Waals surface area contributed by atoms with Crippen molar-refractivity contribution in [3.63, 3.8) is 0 Å². The van der Waals surface area contributed by atoms with E-state index in [1.54, 1.807) is 6.07 Å². The molecule has 0 aromatic heterocycles. The molecule has 2 aromatic carbocycles. The van der Waals surface area contributed by atoms with Gasteiger partial charge in [-0.3, -0.25) is 4.79 Å². The molecule has 0 spiro atoms. The first kappa shape index (κ1) is 19.1. The SMILES string of the molecule is CNCCCC(=O)NC(c1ccccc1)c1cccc(F)c1.Cl. The maximum atomic E-state index is 13.5. The number of nitrogens with one attached hydrogen (secondary N) is 2. The van der Waals surface area contributed by atoms with Crippen LogP contribution in [0.1, 0.15) is 30.0 Å². The molecule has 0 heterocycles. The molecule has 1 amide bonds. The van der Waals surface area contributed by atoms with Crippen LogP contribution in [0.4, 0.5) is 4.39 Å². The molecule has 23 heavy (non-hydrogen) atoms. The van der Waals surface area contributed by atoms with E-state index in [0.29, 0.717) is 6.42 Å². The second-order valence-electron chi connectivity index (χ2n) is 5.17. The predicted octanol–water partition coefficient (Wildman–Crippen LogP) is 3.45. The van der Waals surface area contributed by atoms with Gasteiger partial charge in [0.05, 0.1) is 6.04 Å². The van der Waals surface area contributed by atoms with Crippen LogP contribution in [0.5, 0.6) is 0 Å². The summed E-state index contributed by atoms with van der Waals surface area (Å²) in [6.45, 7) is 0.795. The van der Waals surface area contributed by atoms with Crippen LogP contribution >= 0.6 is 12.4 Å². The maximum Gasteiger partial charge on any atom is 0.220 e. The molecule has 2 aromatic rings. The van der Waals surface area contributed by atoms with Crippen LogP contribution in [0, 0.1) is 5.82 Å². The highest BCUT2D eigenvalue weighted by Gasteiger charge is 2.16. The third kappa shape index (κ3) is 6.00. The molecule has 1 atom stereocenters. The van der Waals surface area contributed by atoms with Gasteiger partial charge in [-0.05, 0) is 43.3 Å². The van der Waals surface area contributed by atoms with Crippen LogP contribution in [0.25, 0.3) is 0 Å². The molecule has 0 fully saturated rings. The fraction of sp³-hybridized carbons (Fsp3) is 0.278. The lowest BCUT2D eigenvalue weighted by Crippen LogP contribution is -2.29. The molecule has 0 saturated carbocycles. The molecule has 0 aliphatic rings. The molecule has 0 radical (unpaired) electrons. The van der Waals surface area contributed by atoms with Crippen molar-refractivity contribution in [3.05, 3.63) is 71.5 Å². The highest BCUT2D eigenvalue weighted by Crippen LogP contribution is 2.22. The number of benzene rings is 2. The van der Waals surface area contributed by atoms with E-state index in [1.165, 1.54) is 12.1 Å². The molecule has 0 aliphatic heterocycles. The average Bonchev–Trinajstić information content (AvgIpc) is 2.54. The standard InChI is InChI=1S/C18H21FN2O.ClH/c1-20-12-6-11-17(22)21-18(14-7-3-2-4-8-14)15-9-5-10-16(19)13-15;/h2-5,7-10,13,18,20H,6,11-12H2,1H3,(H,21,22);1H. The van der Waals surface area contributed by atoms with Gasteiger partial charge in [-0.25, -0.2) is 4.39 Å². The number of carbonyl (C=O) groups is 1. The molecule has 5 heteroatoms. The number of halogens is 2. The summed E-state index contributed by atoms with van der Waals surface area (Å²) in [5, 5.41) is 6.02. The van der Waals surface area contributed by atoms with E-state index in [1.807, 2.05) is 43.4 Å². The highest BCUT2D eigenvalue weighted by atomic mass is 35.5. The highest BCUT2D eigenvalue weighted by molar-refractivity contribution is 5.85. The average molecular weight is 337 g/mol. The minimum atomic E-state index is -0.334. The lowest BCUT2D eigenvalue weighted by atomic mass is 9.98. The van der Waals surface area contributed by atoms with Gasteiger partial charge in [0.15, 0.2) is 0 Å². The summed E-state index contributed by atoms with van der Waals surface area (Å²) < 4.78 is 13.5. The number of amides is 1. The Morgan fingerprint density at radius 3 is 2.43 bits per heavy atom. The van der Waals surface area contributed by atoms with Gasteiger partial charge in [-0.1, -0.05) is 42.5 Å². The summed E-state index contributed by atoms with van der Waals surface area (Å²) in [5.41, 5.74) is 1.68. The molecule has 2 rings (SSSR count). The maximum absolute atomic E-state index is 13.5. The summed E-state index contributed by atoms with van der Waals surface area (Å²) in [6, 6.07) is 15.6. The second-order valence-corrected chi connectivity index (χ2v) is 5.17. The van der Waals surface area contributed by atoms with E-state index in [4.69, 9.17) is 0 Å². The van der Waals surface area contributed by atoms with Gasteiger partial charge < -0.3 is 10.6 Å². The number of rotatable bonds is 7. The second kappa shape index (κ2) is 9.98. The molecule has 0 saturated heterocycles. The molecule has 2 N–H and O–H groups in total. The largest absolute Gasteiger partial charge is 0.345 e. The molecule has 1 unspecified atom stereocenters. The van der Waals surface area contributed by atoms with Crippen LogP contribution in [0.3, 0.4) is 0 Å². The molecule has 0 aliphatic carbocycles. The van der Waals surface area contributed by atoms with Gasteiger partial charge in [0.2, 0.25) is 5.91 Å². The molecule has 3 nitrogen and oxygen atoms in total. The Morgan fingerprint density at radius 1 is 1.09 bits per heavy atom. The van der Waals surface area contributed by atoms with Crippen molar-refractivity contribution < 1.29 is 9.18 Å². The van der Waals surface area contributed by atoms with Crippen molar-refractivity contribution in [2.24, 2.45) is 0 Å². The van der Waals surface area contributed by atoms with Gasteiger partial charge in [-0.2, -0.15) is 0 Å². The number of hydrogen-bond donors (Lipinski definition) is 2. The predicted molar refractivity (Wildman–Crippen MR) is 93.2 cm³/mol. The van der Waals surface area contributed by atoms with Crippen LogP contribution in [0.15, 0.2) is 54.6 Å². The van der Waals surface area contributed by atoms with Gasteiger partial charge in [0.1, 0.15) is 5.82 Å². The molecule has 0 bridgehead atoms. The minimum absolute atomic E-state index is 0. The fourth-order valence-electron chi connectivity index (χ4n) is 2.35. The summed E-state index contributed by atoms with van der Waals surface area (Å²) in [6.07, 6.45) is 1.21. The Balaban J connectivity index is 0.00000264. The number of carbonyl (C=O) groups excluding carboxylic acids is 1. The van der Waals surface area contributed by atoms with Crippen molar-refractivity contribution in [1.29, 1.82) is 0 Å². The van der Waals surface area contributed by atoms with Gasteiger partial charge >= 0.3 is 0 Å². The quantitative estimate of drug-likeness (QED) is 0.760. The summed E-state index contributed by atoms with van der Waals surface area (Å²) >= 11 is 0. The van der Waals surface area contributed by atoms with Gasteiger partial charge in [-0.15, -0.1) is 12.4 Å². The van der Waals surface area contributed by atoms with Crippen molar-refractivity contribution in [1.82, 2.24) is 10.6 Å². The van der Waals surface area contributed by atoms with Crippen LogP contribution in [-0.2, 0) is 4.79 Å². The van der Waals surface area contributed by atoms with Gasteiger partial charge in [0.25, 0.3) is 0 Å². The Bertz CT molecular complexity index is 607. The van der Waals surface area contributed by atoms with E-state index in [0.717, 1.165) is 24.1 Å². The zero-order chi connectivity index (χ0) is 15.8. The van der Waals surface area contributed by atoms with E-state index in [-0.39, 0.29) is 30.2 Å². The fourth-order valence-corrected chi connectivity index (χ4v) is 2.35. The van der Waals surface area contributed by atoms with Crippen molar-refractivity contribution >= 4 is 18.3 Å². The summed E-state index contributed by atoms with van der Waals surface area (Å²) in [5.74, 6) is -0.337. The Morgan fingerprint density at radius 2 is 1.78 bits per heavy atom. The zero-order valence-corrected chi connectivity index (χ0v) is 13.9.